The first-order valence-corrected chi connectivity index (χ1v) is 10.8. The van der Waals surface area contributed by atoms with Crippen LogP contribution in [-0.2, 0) is 9.59 Å². The number of carbonyl (C=O) groups excluding carboxylic acids is 2. The van der Waals surface area contributed by atoms with Crippen molar-refractivity contribution in [1.82, 2.24) is 9.80 Å². The summed E-state index contributed by atoms with van der Waals surface area (Å²) in [7, 11) is 3.81. The molecule has 2 aromatic carbocycles. The number of likely N-dealkylation sites (N-methyl/N-ethyl adjacent to an activating group) is 1. The maximum absolute atomic E-state index is 13.1. The van der Waals surface area contributed by atoms with Crippen LogP contribution in [-0.4, -0.2) is 67.0 Å². The van der Waals surface area contributed by atoms with Gasteiger partial charge in [0.25, 0.3) is 11.7 Å². The molecule has 1 saturated heterocycles. The Labute approximate surface area is 188 Å². The van der Waals surface area contributed by atoms with Gasteiger partial charge in [0.1, 0.15) is 17.3 Å². The molecule has 1 aliphatic rings. The number of hydrogen-bond acceptors (Lipinski definition) is 6. The van der Waals surface area contributed by atoms with Crippen molar-refractivity contribution < 1.29 is 24.2 Å². The molecule has 32 heavy (non-hydrogen) atoms. The average Bonchev–Trinajstić information content (AvgIpc) is 3.03. The van der Waals surface area contributed by atoms with Crippen LogP contribution < -0.4 is 9.47 Å². The van der Waals surface area contributed by atoms with Gasteiger partial charge in [0.2, 0.25) is 0 Å². The van der Waals surface area contributed by atoms with Gasteiger partial charge in [-0.25, -0.2) is 0 Å². The molecule has 7 heteroatoms. The second-order valence-corrected chi connectivity index (χ2v) is 7.76. The lowest BCUT2D eigenvalue weighted by atomic mass is 9.95. The van der Waals surface area contributed by atoms with Crippen molar-refractivity contribution in [3.63, 3.8) is 0 Å². The van der Waals surface area contributed by atoms with Crippen LogP contribution >= 0.6 is 0 Å². The van der Waals surface area contributed by atoms with Crippen LogP contribution in [0.2, 0.25) is 0 Å². The molecule has 1 heterocycles. The van der Waals surface area contributed by atoms with Gasteiger partial charge in [0.05, 0.1) is 24.8 Å². The molecule has 7 nitrogen and oxygen atoms in total. The molecule has 1 fully saturated rings. The first-order chi connectivity index (χ1) is 15.4. The van der Waals surface area contributed by atoms with E-state index in [1.807, 2.05) is 57.1 Å². The standard InChI is InChI=1S/C25H30N2O5/c1-5-31-19-11-7-9-17(15-19)22-21(24(29)25(30)27(22)14-13-26(3)4)23(28)18-10-8-12-20(16-18)32-6-2/h7-12,15-16,22,28H,5-6,13-14H2,1-4H3/b23-21-. The molecule has 0 saturated carbocycles. The van der Waals surface area contributed by atoms with E-state index in [1.165, 1.54) is 4.90 Å². The van der Waals surface area contributed by atoms with Crippen LogP contribution in [0, 0.1) is 0 Å². The lowest BCUT2D eigenvalue weighted by molar-refractivity contribution is -0.140. The predicted molar refractivity (Wildman–Crippen MR) is 123 cm³/mol. The van der Waals surface area contributed by atoms with Crippen molar-refractivity contribution in [2.75, 3.05) is 40.4 Å². The fourth-order valence-electron chi connectivity index (χ4n) is 3.76. The van der Waals surface area contributed by atoms with Gasteiger partial charge < -0.3 is 24.4 Å². The Hall–Kier alpha value is -3.32. The molecule has 1 amide bonds. The van der Waals surface area contributed by atoms with Crippen LogP contribution in [0.1, 0.15) is 31.0 Å². The summed E-state index contributed by atoms with van der Waals surface area (Å²) < 4.78 is 11.2. The molecule has 3 rings (SSSR count). The number of rotatable bonds is 9. The van der Waals surface area contributed by atoms with Gasteiger partial charge in [-0.1, -0.05) is 24.3 Å². The van der Waals surface area contributed by atoms with Crippen molar-refractivity contribution in [1.29, 1.82) is 0 Å². The van der Waals surface area contributed by atoms with Gasteiger partial charge in [-0.3, -0.25) is 9.59 Å². The van der Waals surface area contributed by atoms with Gasteiger partial charge in [-0.2, -0.15) is 0 Å². The van der Waals surface area contributed by atoms with Crippen LogP contribution in [0.15, 0.2) is 54.1 Å². The minimum atomic E-state index is -0.717. The first kappa shape index (κ1) is 23.3. The molecular formula is C25H30N2O5. The third-order valence-corrected chi connectivity index (χ3v) is 5.23. The van der Waals surface area contributed by atoms with E-state index >= 15 is 0 Å². The Bertz CT molecular complexity index is 1010. The molecule has 0 aromatic heterocycles. The summed E-state index contributed by atoms with van der Waals surface area (Å²) in [5.41, 5.74) is 1.19. The van der Waals surface area contributed by atoms with E-state index in [9.17, 15) is 14.7 Å². The largest absolute Gasteiger partial charge is 0.507 e. The fraction of sp³-hybridized carbons (Fsp3) is 0.360. The number of carbonyl (C=O) groups is 2. The summed E-state index contributed by atoms with van der Waals surface area (Å²) in [5, 5.41) is 11.2. The van der Waals surface area contributed by atoms with E-state index in [0.717, 1.165) is 0 Å². The van der Waals surface area contributed by atoms with Crippen molar-refractivity contribution in [2.45, 2.75) is 19.9 Å². The number of nitrogens with zero attached hydrogens (tertiary/aromatic N) is 2. The van der Waals surface area contributed by atoms with E-state index in [-0.39, 0.29) is 11.3 Å². The van der Waals surface area contributed by atoms with Crippen LogP contribution in [0.25, 0.3) is 5.76 Å². The maximum atomic E-state index is 13.1. The zero-order chi connectivity index (χ0) is 23.3. The third-order valence-electron chi connectivity index (χ3n) is 5.23. The quantitative estimate of drug-likeness (QED) is 0.367. The molecule has 0 bridgehead atoms. The minimum absolute atomic E-state index is 0.0658. The zero-order valence-electron chi connectivity index (χ0n) is 19.0. The highest BCUT2D eigenvalue weighted by Crippen LogP contribution is 2.40. The molecule has 1 unspecified atom stereocenters. The van der Waals surface area contributed by atoms with E-state index in [2.05, 4.69) is 0 Å². The Morgan fingerprint density at radius 2 is 1.62 bits per heavy atom. The topological polar surface area (TPSA) is 79.3 Å². The highest BCUT2D eigenvalue weighted by molar-refractivity contribution is 6.46. The summed E-state index contributed by atoms with van der Waals surface area (Å²) in [5.74, 6) is -0.324. The predicted octanol–water partition coefficient (Wildman–Crippen LogP) is 3.47. The monoisotopic (exact) mass is 438 g/mol. The summed E-state index contributed by atoms with van der Waals surface area (Å²) >= 11 is 0. The number of likely N-dealkylation sites (tertiary alicyclic amines) is 1. The molecule has 2 aromatic rings. The second kappa shape index (κ2) is 10.3. The molecule has 1 N–H and O–H groups in total. The fourth-order valence-corrected chi connectivity index (χ4v) is 3.76. The Morgan fingerprint density at radius 3 is 2.25 bits per heavy atom. The summed E-state index contributed by atoms with van der Waals surface area (Å²) in [6.07, 6.45) is 0. The van der Waals surface area contributed by atoms with Crippen LogP contribution in [0.4, 0.5) is 0 Å². The molecular weight excluding hydrogens is 408 g/mol. The molecule has 1 aliphatic heterocycles. The molecule has 170 valence electrons. The number of aliphatic hydroxyl groups is 1. The van der Waals surface area contributed by atoms with Crippen LogP contribution in [0.3, 0.4) is 0 Å². The van der Waals surface area contributed by atoms with E-state index in [4.69, 9.17) is 9.47 Å². The number of aliphatic hydroxyl groups excluding tert-OH is 1. The molecule has 0 radical (unpaired) electrons. The lowest BCUT2D eigenvalue weighted by Gasteiger charge is -2.27. The van der Waals surface area contributed by atoms with Crippen LogP contribution in [0.5, 0.6) is 11.5 Å². The van der Waals surface area contributed by atoms with Gasteiger partial charge in [-0.05, 0) is 57.8 Å². The number of benzene rings is 2. The maximum Gasteiger partial charge on any atom is 0.295 e. The molecule has 1 atom stereocenters. The first-order valence-electron chi connectivity index (χ1n) is 10.8. The zero-order valence-corrected chi connectivity index (χ0v) is 19.0. The van der Waals surface area contributed by atoms with Crippen molar-refractivity contribution in [2.24, 2.45) is 0 Å². The van der Waals surface area contributed by atoms with Crippen molar-refractivity contribution in [3.05, 3.63) is 65.2 Å². The average molecular weight is 439 g/mol. The number of Topliss-reactive ketones (excluding diaryl/α,β-unsaturated/α-hetero) is 1. The summed E-state index contributed by atoms with van der Waals surface area (Å²) in [4.78, 5) is 29.5. The number of ether oxygens (including phenoxy) is 2. The number of amides is 1. The van der Waals surface area contributed by atoms with E-state index in [0.29, 0.717) is 48.9 Å². The SMILES string of the molecule is CCOc1cccc(/C(O)=C2/C(=O)C(=O)N(CCN(C)C)C2c2cccc(OCC)c2)c1. The second-order valence-electron chi connectivity index (χ2n) is 7.76. The van der Waals surface area contributed by atoms with Crippen molar-refractivity contribution >= 4 is 17.4 Å². The number of ketones is 1. The highest BCUT2D eigenvalue weighted by atomic mass is 16.5. The summed E-state index contributed by atoms with van der Waals surface area (Å²) in [6, 6.07) is 13.5. The Balaban J connectivity index is 2.14. The van der Waals surface area contributed by atoms with Gasteiger partial charge in [0.15, 0.2) is 0 Å². The minimum Gasteiger partial charge on any atom is -0.507 e. The van der Waals surface area contributed by atoms with E-state index < -0.39 is 17.7 Å². The molecule has 0 spiro atoms. The van der Waals surface area contributed by atoms with Gasteiger partial charge in [0, 0.05) is 18.7 Å². The van der Waals surface area contributed by atoms with E-state index in [1.54, 1.807) is 24.3 Å². The highest BCUT2D eigenvalue weighted by Gasteiger charge is 2.46. The van der Waals surface area contributed by atoms with Crippen molar-refractivity contribution in [3.8, 4) is 11.5 Å². The third kappa shape index (κ3) is 4.94. The lowest BCUT2D eigenvalue weighted by Crippen LogP contribution is -2.35. The summed E-state index contributed by atoms with van der Waals surface area (Å²) in [6.45, 7) is 5.65. The smallest absolute Gasteiger partial charge is 0.295 e. The van der Waals surface area contributed by atoms with Gasteiger partial charge in [-0.15, -0.1) is 0 Å². The Morgan fingerprint density at radius 1 is 1.00 bits per heavy atom. The molecule has 0 aliphatic carbocycles. The number of hydrogen-bond donors (Lipinski definition) is 1. The normalized spacial score (nSPS) is 17.8. The Kier molecular flexibility index (Phi) is 7.53. The van der Waals surface area contributed by atoms with Gasteiger partial charge >= 0.3 is 0 Å².